The van der Waals surface area contributed by atoms with E-state index in [-0.39, 0.29) is 30.3 Å². The van der Waals surface area contributed by atoms with E-state index in [2.05, 4.69) is 46.3 Å². The topological polar surface area (TPSA) is 69.6 Å². The molecule has 2 aromatic rings. The van der Waals surface area contributed by atoms with E-state index >= 15 is 0 Å². The molecule has 0 unspecified atom stereocenters. The van der Waals surface area contributed by atoms with Crippen LogP contribution in [0.15, 0.2) is 36.4 Å². The second kappa shape index (κ2) is 9.67. The van der Waals surface area contributed by atoms with Crippen molar-refractivity contribution in [3.63, 3.8) is 0 Å². The molecule has 0 spiro atoms. The normalized spacial score (nSPS) is 16.8. The van der Waals surface area contributed by atoms with Gasteiger partial charge in [-0.3, -0.25) is 9.59 Å². The molecule has 7 heteroatoms. The Kier molecular flexibility index (Phi) is 6.72. The minimum Gasteiger partial charge on any atom is -0.353 e. The van der Waals surface area contributed by atoms with Crippen LogP contribution in [0.2, 0.25) is 0 Å². The summed E-state index contributed by atoms with van der Waals surface area (Å²) in [4.78, 5) is 31.3. The fourth-order valence-corrected chi connectivity index (χ4v) is 4.09. The first-order chi connectivity index (χ1) is 15.4. The maximum Gasteiger partial charge on any atom is 0.242 e. The molecule has 2 aliphatic rings. The van der Waals surface area contributed by atoms with Gasteiger partial charge in [-0.15, -0.1) is 10.2 Å². The molecule has 2 heterocycles. The van der Waals surface area contributed by atoms with Gasteiger partial charge in [0, 0.05) is 43.7 Å². The monoisotopic (exact) mass is 435 g/mol. The van der Waals surface area contributed by atoms with Gasteiger partial charge in [0.1, 0.15) is 0 Å². The van der Waals surface area contributed by atoms with Gasteiger partial charge in [-0.2, -0.15) is 0 Å². The van der Waals surface area contributed by atoms with Gasteiger partial charge >= 0.3 is 0 Å². The summed E-state index contributed by atoms with van der Waals surface area (Å²) in [5, 5.41) is 8.88. The predicted octanol–water partition coefficient (Wildman–Crippen LogP) is 3.14. The number of carbonyl (C=O) groups excluding carboxylic acids is 2. The van der Waals surface area contributed by atoms with E-state index in [0.29, 0.717) is 19.6 Å². The van der Waals surface area contributed by atoms with Crippen molar-refractivity contribution < 1.29 is 9.59 Å². The van der Waals surface area contributed by atoms with Crippen LogP contribution in [0.4, 0.5) is 5.82 Å². The van der Waals surface area contributed by atoms with Crippen LogP contribution in [-0.4, -0.2) is 70.6 Å². The molecule has 0 atom stereocenters. The molecule has 0 N–H and O–H groups in total. The van der Waals surface area contributed by atoms with Gasteiger partial charge in [0.05, 0.1) is 12.2 Å². The summed E-state index contributed by atoms with van der Waals surface area (Å²) in [7, 11) is 0. The minimum atomic E-state index is 0.0374. The standard InChI is InChI=1S/C25H33N5O2/c1-18(2)30(25(32)21-9-10-21)17-24(31)29-14-4-13-28(15-16-29)23-12-11-22(26-27-23)20-7-5-19(3)6-8-20/h5-8,11-12,18,21H,4,9-10,13-17H2,1-3H3. The van der Waals surface area contributed by atoms with E-state index in [9.17, 15) is 9.59 Å². The van der Waals surface area contributed by atoms with Crippen LogP contribution in [0.3, 0.4) is 0 Å². The molecule has 1 saturated carbocycles. The van der Waals surface area contributed by atoms with Gasteiger partial charge in [0.15, 0.2) is 5.82 Å². The first-order valence-electron chi connectivity index (χ1n) is 11.7. The highest BCUT2D eigenvalue weighted by Crippen LogP contribution is 2.31. The molecule has 32 heavy (non-hydrogen) atoms. The van der Waals surface area contributed by atoms with E-state index in [0.717, 1.165) is 42.9 Å². The highest BCUT2D eigenvalue weighted by atomic mass is 16.2. The van der Waals surface area contributed by atoms with Crippen molar-refractivity contribution in [1.29, 1.82) is 0 Å². The Morgan fingerprint density at radius 2 is 1.75 bits per heavy atom. The number of nitrogens with zero attached hydrogens (tertiary/aromatic N) is 5. The maximum atomic E-state index is 13.0. The lowest BCUT2D eigenvalue weighted by molar-refractivity contribution is -0.142. The molecular formula is C25H33N5O2. The molecule has 4 rings (SSSR count). The Hall–Kier alpha value is -2.96. The maximum absolute atomic E-state index is 13.0. The molecular weight excluding hydrogens is 402 g/mol. The molecule has 7 nitrogen and oxygen atoms in total. The van der Waals surface area contributed by atoms with Crippen molar-refractivity contribution in [2.24, 2.45) is 5.92 Å². The number of benzene rings is 1. The minimum absolute atomic E-state index is 0.0374. The van der Waals surface area contributed by atoms with Crippen molar-refractivity contribution in [3.8, 4) is 11.3 Å². The number of carbonyl (C=O) groups is 2. The van der Waals surface area contributed by atoms with E-state index in [1.165, 1.54) is 5.56 Å². The van der Waals surface area contributed by atoms with Gasteiger partial charge < -0.3 is 14.7 Å². The van der Waals surface area contributed by atoms with Crippen molar-refractivity contribution >= 4 is 17.6 Å². The highest BCUT2D eigenvalue weighted by Gasteiger charge is 2.35. The third kappa shape index (κ3) is 5.26. The number of aromatic nitrogens is 2. The first-order valence-corrected chi connectivity index (χ1v) is 11.7. The Morgan fingerprint density at radius 3 is 2.38 bits per heavy atom. The Morgan fingerprint density at radius 1 is 1.00 bits per heavy atom. The van der Waals surface area contributed by atoms with Gasteiger partial charge in [0.2, 0.25) is 11.8 Å². The fraction of sp³-hybridized carbons (Fsp3) is 0.520. The van der Waals surface area contributed by atoms with Crippen LogP contribution >= 0.6 is 0 Å². The fourth-order valence-electron chi connectivity index (χ4n) is 4.09. The van der Waals surface area contributed by atoms with Gasteiger partial charge in [-0.05, 0) is 52.2 Å². The third-order valence-corrected chi connectivity index (χ3v) is 6.31. The van der Waals surface area contributed by atoms with Crippen LogP contribution in [0.25, 0.3) is 11.3 Å². The lowest BCUT2D eigenvalue weighted by atomic mass is 10.1. The van der Waals surface area contributed by atoms with E-state index in [1.54, 1.807) is 4.90 Å². The summed E-state index contributed by atoms with van der Waals surface area (Å²) in [5.74, 6) is 1.14. The number of rotatable bonds is 6. The largest absolute Gasteiger partial charge is 0.353 e. The van der Waals surface area contributed by atoms with Gasteiger partial charge in [0.25, 0.3) is 0 Å². The van der Waals surface area contributed by atoms with Gasteiger partial charge in [-0.1, -0.05) is 29.8 Å². The van der Waals surface area contributed by atoms with Crippen molar-refractivity contribution in [2.45, 2.75) is 46.1 Å². The van der Waals surface area contributed by atoms with E-state index < -0.39 is 0 Å². The van der Waals surface area contributed by atoms with Crippen LogP contribution in [0.5, 0.6) is 0 Å². The lowest BCUT2D eigenvalue weighted by Crippen LogP contribution is -2.47. The third-order valence-electron chi connectivity index (χ3n) is 6.31. The summed E-state index contributed by atoms with van der Waals surface area (Å²) in [6.45, 7) is 9.08. The Balaban J connectivity index is 1.35. The Bertz CT molecular complexity index is 938. The molecule has 0 radical (unpaired) electrons. The number of aryl methyl sites for hydroxylation is 1. The average molecular weight is 436 g/mol. The zero-order chi connectivity index (χ0) is 22.7. The van der Waals surface area contributed by atoms with E-state index in [4.69, 9.17) is 0 Å². The highest BCUT2D eigenvalue weighted by molar-refractivity contribution is 5.87. The summed E-state index contributed by atoms with van der Waals surface area (Å²) < 4.78 is 0. The molecule has 1 aliphatic carbocycles. The van der Waals surface area contributed by atoms with Gasteiger partial charge in [-0.25, -0.2) is 0 Å². The summed E-state index contributed by atoms with van der Waals surface area (Å²) in [6.07, 6.45) is 2.78. The molecule has 1 aromatic carbocycles. The summed E-state index contributed by atoms with van der Waals surface area (Å²) >= 11 is 0. The second-order valence-corrected chi connectivity index (χ2v) is 9.20. The summed E-state index contributed by atoms with van der Waals surface area (Å²) in [6, 6.07) is 12.3. The van der Waals surface area contributed by atoms with Crippen LogP contribution < -0.4 is 4.90 Å². The molecule has 2 amide bonds. The lowest BCUT2D eigenvalue weighted by Gasteiger charge is -2.29. The van der Waals surface area contributed by atoms with Crippen LogP contribution in [0, 0.1) is 12.8 Å². The van der Waals surface area contributed by atoms with Crippen LogP contribution in [-0.2, 0) is 9.59 Å². The predicted molar refractivity (Wildman–Crippen MR) is 125 cm³/mol. The number of amides is 2. The van der Waals surface area contributed by atoms with Crippen LogP contribution in [0.1, 0.15) is 38.7 Å². The molecule has 1 aliphatic heterocycles. The smallest absolute Gasteiger partial charge is 0.242 e. The average Bonchev–Trinajstić information content (AvgIpc) is 3.64. The zero-order valence-corrected chi connectivity index (χ0v) is 19.3. The first kappa shape index (κ1) is 22.2. The summed E-state index contributed by atoms with van der Waals surface area (Å²) in [5.41, 5.74) is 3.13. The number of hydrogen-bond donors (Lipinski definition) is 0. The van der Waals surface area contributed by atoms with Crippen molar-refractivity contribution in [2.75, 3.05) is 37.6 Å². The molecule has 1 aromatic heterocycles. The SMILES string of the molecule is Cc1ccc(-c2ccc(N3CCCN(C(=O)CN(C(=O)C4CC4)C(C)C)CC3)nn2)cc1. The quantitative estimate of drug-likeness (QED) is 0.697. The van der Waals surface area contributed by atoms with Crippen molar-refractivity contribution in [1.82, 2.24) is 20.0 Å². The van der Waals surface area contributed by atoms with Crippen molar-refractivity contribution in [3.05, 3.63) is 42.0 Å². The molecule has 2 fully saturated rings. The second-order valence-electron chi connectivity index (χ2n) is 9.20. The molecule has 170 valence electrons. The molecule has 1 saturated heterocycles. The number of anilines is 1. The zero-order valence-electron chi connectivity index (χ0n) is 19.3. The number of hydrogen-bond acceptors (Lipinski definition) is 5. The van der Waals surface area contributed by atoms with E-state index in [1.807, 2.05) is 30.9 Å². The Labute approximate surface area is 190 Å². The molecule has 0 bridgehead atoms.